The van der Waals surface area contributed by atoms with Gasteiger partial charge in [-0.15, -0.1) is 0 Å². The first kappa shape index (κ1) is 26.7. The molecule has 1 atom stereocenters. The molecule has 0 radical (unpaired) electrons. The Morgan fingerprint density at radius 3 is 2.32 bits per heavy atom. The molecule has 1 aromatic heterocycles. The molecule has 9 nitrogen and oxygen atoms in total. The predicted octanol–water partition coefficient (Wildman–Crippen LogP) is 4.94. The number of pyridine rings is 1. The fourth-order valence-electron chi connectivity index (χ4n) is 4.18. The summed E-state index contributed by atoms with van der Waals surface area (Å²) in [5.41, 5.74) is 1.04. The van der Waals surface area contributed by atoms with E-state index in [1.165, 1.54) is 61.7 Å². The number of rotatable bonds is 7. The number of anilines is 1. The Morgan fingerprint density at radius 2 is 1.74 bits per heavy atom. The first-order valence-corrected chi connectivity index (χ1v) is 12.0. The normalized spacial score (nSPS) is 16.6. The summed E-state index contributed by atoms with van der Waals surface area (Å²) in [5, 5.41) is 11.6. The molecular formula is C28H25ClN2O7. The summed E-state index contributed by atoms with van der Waals surface area (Å²) in [6.07, 6.45) is 2.76. The molecule has 1 saturated heterocycles. The van der Waals surface area contributed by atoms with E-state index in [1.807, 2.05) is 0 Å². The predicted molar refractivity (Wildman–Crippen MR) is 141 cm³/mol. The topological polar surface area (TPSA) is 115 Å². The van der Waals surface area contributed by atoms with Crippen LogP contribution in [0.1, 0.15) is 41.4 Å². The number of carbonyl (C=O) groups excluding carboxylic acids is 3. The maximum atomic E-state index is 13.4. The lowest BCUT2D eigenvalue weighted by Gasteiger charge is -2.25. The summed E-state index contributed by atoms with van der Waals surface area (Å²) >= 11 is 6.30. The van der Waals surface area contributed by atoms with E-state index >= 15 is 0 Å². The van der Waals surface area contributed by atoms with E-state index in [4.69, 9.17) is 25.8 Å². The van der Waals surface area contributed by atoms with Crippen LogP contribution in [-0.2, 0) is 14.3 Å². The third kappa shape index (κ3) is 4.92. The van der Waals surface area contributed by atoms with Gasteiger partial charge >= 0.3 is 5.97 Å². The average molecular weight is 537 g/mol. The minimum absolute atomic E-state index is 0.108. The molecule has 1 amide bonds. The SMILES string of the molecule is COc1cc(OC)c(/C(O)=C2\C(=O)C(=O)N(c3ccc(C(=O)OC(C)C)cc3)C2c2cccnc2)cc1Cl. The zero-order valence-corrected chi connectivity index (χ0v) is 21.9. The van der Waals surface area contributed by atoms with E-state index in [1.54, 1.807) is 32.2 Å². The minimum Gasteiger partial charge on any atom is -0.507 e. The Bertz CT molecular complexity index is 1420. The highest BCUT2D eigenvalue weighted by atomic mass is 35.5. The number of aliphatic hydroxyl groups excluding tert-OH is 1. The molecule has 1 N–H and O–H groups in total. The number of benzene rings is 2. The van der Waals surface area contributed by atoms with Crippen LogP contribution in [0.15, 0.2) is 66.5 Å². The molecule has 0 aliphatic carbocycles. The molecule has 3 aromatic rings. The van der Waals surface area contributed by atoms with E-state index in [2.05, 4.69) is 4.98 Å². The van der Waals surface area contributed by atoms with Crippen molar-refractivity contribution in [3.05, 3.63) is 88.2 Å². The number of aromatic nitrogens is 1. The van der Waals surface area contributed by atoms with Gasteiger partial charge in [0.1, 0.15) is 17.3 Å². The van der Waals surface area contributed by atoms with E-state index in [9.17, 15) is 19.5 Å². The molecule has 1 aliphatic heterocycles. The van der Waals surface area contributed by atoms with Gasteiger partial charge in [-0.25, -0.2) is 4.79 Å². The van der Waals surface area contributed by atoms with Gasteiger partial charge in [-0.2, -0.15) is 0 Å². The molecule has 196 valence electrons. The summed E-state index contributed by atoms with van der Waals surface area (Å²) in [6, 6.07) is 11.3. The lowest BCUT2D eigenvalue weighted by atomic mass is 9.95. The summed E-state index contributed by atoms with van der Waals surface area (Å²) < 4.78 is 15.8. The van der Waals surface area contributed by atoms with Crippen LogP contribution < -0.4 is 14.4 Å². The minimum atomic E-state index is -1.03. The van der Waals surface area contributed by atoms with Crippen molar-refractivity contribution in [2.24, 2.45) is 0 Å². The van der Waals surface area contributed by atoms with Gasteiger partial charge in [-0.05, 0) is 55.8 Å². The number of ketones is 1. The molecule has 2 heterocycles. The zero-order chi connectivity index (χ0) is 27.6. The molecule has 0 saturated carbocycles. The Hall–Kier alpha value is -4.37. The molecule has 10 heteroatoms. The molecule has 38 heavy (non-hydrogen) atoms. The van der Waals surface area contributed by atoms with Crippen molar-refractivity contribution in [2.45, 2.75) is 26.0 Å². The maximum absolute atomic E-state index is 13.4. The molecule has 1 aliphatic rings. The number of hydrogen-bond acceptors (Lipinski definition) is 8. The standard InChI is InChI=1S/C28H25ClN2O7/c1-15(2)38-28(35)16-7-9-18(10-8-16)31-24(17-6-5-11-30-14-17)23(26(33)27(31)34)25(32)19-12-20(29)22(37-4)13-21(19)36-3/h5-15,24,32H,1-4H3/b25-23+. The maximum Gasteiger partial charge on any atom is 0.338 e. The number of halogens is 1. The second kappa shape index (κ2) is 10.9. The van der Waals surface area contributed by atoms with Gasteiger partial charge in [0.05, 0.1) is 48.1 Å². The van der Waals surface area contributed by atoms with Crippen LogP contribution in [-0.4, -0.2) is 48.1 Å². The lowest BCUT2D eigenvalue weighted by molar-refractivity contribution is -0.132. The largest absolute Gasteiger partial charge is 0.507 e. The number of carbonyl (C=O) groups is 3. The third-order valence-electron chi connectivity index (χ3n) is 5.90. The number of amides is 1. The summed E-state index contributed by atoms with van der Waals surface area (Å²) in [4.78, 5) is 44.4. The number of Topliss-reactive ketones (excluding diaryl/α,β-unsaturated/α-hetero) is 1. The second-order valence-electron chi connectivity index (χ2n) is 8.64. The molecule has 4 rings (SSSR count). The first-order valence-electron chi connectivity index (χ1n) is 11.6. The van der Waals surface area contributed by atoms with Gasteiger partial charge < -0.3 is 19.3 Å². The Kier molecular flexibility index (Phi) is 7.68. The van der Waals surface area contributed by atoms with Crippen LogP contribution in [0.2, 0.25) is 5.02 Å². The fraction of sp³-hybridized carbons (Fsp3) is 0.214. The van der Waals surface area contributed by atoms with E-state index < -0.39 is 29.5 Å². The van der Waals surface area contributed by atoms with Crippen molar-refractivity contribution >= 4 is 40.7 Å². The number of nitrogens with zero attached hydrogens (tertiary/aromatic N) is 2. The molecule has 0 bridgehead atoms. The van der Waals surface area contributed by atoms with Gasteiger partial charge in [-0.1, -0.05) is 17.7 Å². The summed E-state index contributed by atoms with van der Waals surface area (Å²) in [5.74, 6) is -2.27. The monoisotopic (exact) mass is 536 g/mol. The second-order valence-corrected chi connectivity index (χ2v) is 9.05. The smallest absolute Gasteiger partial charge is 0.338 e. The number of ether oxygens (including phenoxy) is 3. The number of esters is 1. The summed E-state index contributed by atoms with van der Waals surface area (Å²) in [6.45, 7) is 3.48. The van der Waals surface area contributed by atoms with Crippen LogP contribution in [0.25, 0.3) is 5.76 Å². The van der Waals surface area contributed by atoms with Crippen molar-refractivity contribution < 1.29 is 33.7 Å². The molecular weight excluding hydrogens is 512 g/mol. The Balaban J connectivity index is 1.88. The zero-order valence-electron chi connectivity index (χ0n) is 21.1. The molecule has 2 aromatic carbocycles. The molecule has 1 unspecified atom stereocenters. The highest BCUT2D eigenvalue weighted by Crippen LogP contribution is 2.44. The average Bonchev–Trinajstić information content (AvgIpc) is 3.18. The van der Waals surface area contributed by atoms with E-state index in [-0.39, 0.29) is 33.6 Å². The fourth-order valence-corrected chi connectivity index (χ4v) is 4.42. The van der Waals surface area contributed by atoms with Crippen LogP contribution >= 0.6 is 11.6 Å². The van der Waals surface area contributed by atoms with Gasteiger partial charge in [0.15, 0.2) is 0 Å². The van der Waals surface area contributed by atoms with Crippen LogP contribution in [0.3, 0.4) is 0 Å². The number of methoxy groups -OCH3 is 2. The number of hydrogen-bond donors (Lipinski definition) is 1. The van der Waals surface area contributed by atoms with Crippen molar-refractivity contribution in [2.75, 3.05) is 19.1 Å². The van der Waals surface area contributed by atoms with Crippen molar-refractivity contribution in [1.29, 1.82) is 0 Å². The van der Waals surface area contributed by atoms with Gasteiger partial charge in [0, 0.05) is 24.1 Å². The van der Waals surface area contributed by atoms with Gasteiger partial charge in [0.25, 0.3) is 11.7 Å². The highest BCUT2D eigenvalue weighted by Gasteiger charge is 2.47. The Morgan fingerprint density at radius 1 is 1.05 bits per heavy atom. The Labute approximate surface area is 224 Å². The molecule has 0 spiro atoms. The lowest BCUT2D eigenvalue weighted by Crippen LogP contribution is -2.29. The van der Waals surface area contributed by atoms with Crippen LogP contribution in [0.5, 0.6) is 11.5 Å². The van der Waals surface area contributed by atoms with Gasteiger partial charge in [-0.3, -0.25) is 19.5 Å². The van der Waals surface area contributed by atoms with Crippen molar-refractivity contribution in [1.82, 2.24) is 4.98 Å². The van der Waals surface area contributed by atoms with E-state index in [0.29, 0.717) is 17.0 Å². The van der Waals surface area contributed by atoms with Crippen LogP contribution in [0, 0.1) is 0 Å². The highest BCUT2D eigenvalue weighted by molar-refractivity contribution is 6.51. The van der Waals surface area contributed by atoms with Crippen molar-refractivity contribution in [3.63, 3.8) is 0 Å². The first-order chi connectivity index (χ1) is 18.2. The van der Waals surface area contributed by atoms with Crippen molar-refractivity contribution in [3.8, 4) is 11.5 Å². The van der Waals surface area contributed by atoms with Gasteiger partial charge in [0.2, 0.25) is 0 Å². The van der Waals surface area contributed by atoms with E-state index in [0.717, 1.165) is 0 Å². The quantitative estimate of drug-likeness (QED) is 0.195. The third-order valence-corrected chi connectivity index (χ3v) is 6.19. The van der Waals surface area contributed by atoms with Crippen LogP contribution in [0.4, 0.5) is 5.69 Å². The number of aliphatic hydroxyl groups is 1. The summed E-state index contributed by atoms with van der Waals surface area (Å²) in [7, 11) is 2.82. The molecule has 1 fully saturated rings.